The van der Waals surface area contributed by atoms with Crippen molar-refractivity contribution in [2.45, 2.75) is 75.9 Å². The number of nitrogens with one attached hydrogen (secondary N) is 1. The van der Waals surface area contributed by atoms with E-state index >= 15 is 4.39 Å². The summed E-state index contributed by atoms with van der Waals surface area (Å²) in [4.78, 5) is 20.6. The minimum absolute atomic E-state index is 0.00817. The summed E-state index contributed by atoms with van der Waals surface area (Å²) in [7, 11) is 1.40. The summed E-state index contributed by atoms with van der Waals surface area (Å²) in [6, 6.07) is 11.8. The van der Waals surface area contributed by atoms with Gasteiger partial charge in [-0.3, -0.25) is 4.79 Å². The predicted molar refractivity (Wildman–Crippen MR) is 195 cm³/mol. The maximum absolute atomic E-state index is 17.2. The zero-order valence-corrected chi connectivity index (χ0v) is 30.9. The number of aryl methyl sites for hydroxylation is 3. The van der Waals surface area contributed by atoms with Gasteiger partial charge in [-0.15, -0.1) is 0 Å². The van der Waals surface area contributed by atoms with Gasteiger partial charge < -0.3 is 19.5 Å². The second kappa shape index (κ2) is 12.9. The molecule has 5 aromatic rings. The molecule has 0 radical (unpaired) electrons. The number of pyridine rings is 1. The number of aromatic nitrogens is 4. The normalized spacial score (nSPS) is 23.7. The van der Waals surface area contributed by atoms with E-state index in [9.17, 15) is 23.2 Å². The van der Waals surface area contributed by atoms with Gasteiger partial charge in [-0.1, -0.05) is 35.3 Å². The number of amides is 1. The average molecular weight is 781 g/mol. The van der Waals surface area contributed by atoms with Gasteiger partial charge in [0.25, 0.3) is 0 Å². The number of carbonyl (C=O) groups is 1. The van der Waals surface area contributed by atoms with Crippen LogP contribution in [0.5, 0.6) is 5.88 Å². The van der Waals surface area contributed by atoms with E-state index < -0.39 is 29.8 Å². The van der Waals surface area contributed by atoms with Crippen LogP contribution in [0.2, 0.25) is 10.0 Å². The Bertz CT molecular complexity index is 2400. The Morgan fingerprint density at radius 3 is 2.61 bits per heavy atom. The molecule has 0 unspecified atom stereocenters. The Hall–Kier alpha value is -4.38. The lowest BCUT2D eigenvalue weighted by Gasteiger charge is -2.39. The second-order valence-corrected chi connectivity index (χ2v) is 15.8. The van der Waals surface area contributed by atoms with Crippen molar-refractivity contribution in [3.63, 3.8) is 0 Å². The van der Waals surface area contributed by atoms with Gasteiger partial charge in [0.15, 0.2) is 11.5 Å². The van der Waals surface area contributed by atoms with E-state index in [0.29, 0.717) is 34.5 Å². The van der Waals surface area contributed by atoms with Crippen molar-refractivity contribution in [1.29, 1.82) is 5.26 Å². The summed E-state index contributed by atoms with van der Waals surface area (Å²) in [6.45, 7) is 2.85. The fraction of sp³-hybridized carbons (Fsp3) is 0.436. The molecule has 6 heterocycles. The number of ether oxygens (including phenoxy) is 1. The number of carbonyl (C=O) groups excluding carboxylic acids is 1. The SMILES string of the molecule is Cc1nc2c(F)c(-c3cccc(Cl)c3Cl)c(CCC#N)cc2c2c1cc([C@H]1C[C@H](Oc3cc(C(F)(F)F)nn3C)CN1C(=O)C1CC1)n2[C@H]1[C@H]2CN[C@@H]1C2. The highest BCUT2D eigenvalue weighted by Gasteiger charge is 2.51. The fourth-order valence-electron chi connectivity index (χ4n) is 8.94. The predicted octanol–water partition coefficient (Wildman–Crippen LogP) is 8.48. The number of hydrogen-bond acceptors (Lipinski definition) is 6. The van der Waals surface area contributed by atoms with Crippen LogP contribution in [-0.4, -0.2) is 55.4 Å². The first-order valence-electron chi connectivity index (χ1n) is 18.1. The third-order valence-corrected chi connectivity index (χ3v) is 12.5. The molecule has 1 amide bonds. The minimum atomic E-state index is -4.63. The highest BCUT2D eigenvalue weighted by atomic mass is 35.5. The maximum Gasteiger partial charge on any atom is 0.435 e. The van der Waals surface area contributed by atoms with Crippen molar-refractivity contribution in [1.82, 2.24) is 29.5 Å². The molecule has 2 bridgehead atoms. The number of fused-ring (bicyclic) bond motifs is 4. The molecule has 5 atom stereocenters. The maximum atomic E-state index is 17.2. The molecule has 3 aliphatic heterocycles. The third kappa shape index (κ3) is 5.63. The Labute approximate surface area is 317 Å². The van der Waals surface area contributed by atoms with Gasteiger partial charge in [0, 0.05) is 77.7 Å². The molecule has 9 nitrogen and oxygen atoms in total. The van der Waals surface area contributed by atoms with Gasteiger partial charge in [0.2, 0.25) is 11.8 Å². The molecule has 1 N–H and O–H groups in total. The molecule has 54 heavy (non-hydrogen) atoms. The number of halogens is 6. The van der Waals surface area contributed by atoms with Gasteiger partial charge in [-0.25, -0.2) is 14.1 Å². The monoisotopic (exact) mass is 779 g/mol. The van der Waals surface area contributed by atoms with Crippen molar-refractivity contribution >= 4 is 50.9 Å². The van der Waals surface area contributed by atoms with E-state index in [1.165, 1.54) is 7.05 Å². The van der Waals surface area contributed by atoms with Crippen LogP contribution in [0.1, 0.15) is 66.8 Å². The van der Waals surface area contributed by atoms with Gasteiger partial charge in [0.1, 0.15) is 11.6 Å². The van der Waals surface area contributed by atoms with Crippen molar-refractivity contribution < 1.29 is 27.1 Å². The lowest BCUT2D eigenvalue weighted by atomic mass is 9.79. The molecule has 5 aliphatic rings. The zero-order valence-electron chi connectivity index (χ0n) is 29.4. The van der Waals surface area contributed by atoms with Crippen LogP contribution in [-0.2, 0) is 24.4 Å². The molecular formula is C39H35Cl2F4N7O2. The first kappa shape index (κ1) is 35.3. The molecule has 2 saturated carbocycles. The van der Waals surface area contributed by atoms with E-state index in [4.69, 9.17) is 32.9 Å². The summed E-state index contributed by atoms with van der Waals surface area (Å²) in [6.07, 6.45) is -1.96. The molecular weight excluding hydrogens is 745 g/mol. The lowest BCUT2D eigenvalue weighted by Crippen LogP contribution is -2.41. The van der Waals surface area contributed by atoms with Crippen LogP contribution < -0.4 is 10.1 Å². The number of nitriles is 1. The number of alkyl halides is 3. The van der Waals surface area contributed by atoms with Crippen molar-refractivity contribution in [3.05, 3.63) is 74.9 Å². The smallest absolute Gasteiger partial charge is 0.435 e. The Kier molecular flexibility index (Phi) is 8.41. The van der Waals surface area contributed by atoms with Crippen LogP contribution in [0.4, 0.5) is 17.6 Å². The quantitative estimate of drug-likeness (QED) is 0.159. The summed E-state index contributed by atoms with van der Waals surface area (Å²) < 4.78 is 67.3. The van der Waals surface area contributed by atoms with E-state index in [1.54, 1.807) is 18.2 Å². The van der Waals surface area contributed by atoms with Gasteiger partial charge >= 0.3 is 6.18 Å². The number of benzene rings is 2. The van der Waals surface area contributed by atoms with Crippen molar-refractivity contribution in [2.75, 3.05) is 13.1 Å². The van der Waals surface area contributed by atoms with Gasteiger partial charge in [-0.2, -0.15) is 23.5 Å². The molecule has 5 fully saturated rings. The number of likely N-dealkylation sites (tertiary alicyclic amines) is 1. The molecule has 10 rings (SSSR count). The van der Waals surface area contributed by atoms with Crippen LogP contribution in [0.3, 0.4) is 0 Å². The Morgan fingerprint density at radius 1 is 1.15 bits per heavy atom. The van der Waals surface area contributed by atoms with Crippen molar-refractivity contribution in [2.24, 2.45) is 18.9 Å². The fourth-order valence-corrected chi connectivity index (χ4v) is 9.33. The minimum Gasteiger partial charge on any atom is -0.473 e. The van der Waals surface area contributed by atoms with E-state index in [-0.39, 0.29) is 70.3 Å². The van der Waals surface area contributed by atoms with E-state index in [0.717, 1.165) is 53.2 Å². The number of rotatable bonds is 8. The van der Waals surface area contributed by atoms with Crippen LogP contribution >= 0.6 is 23.2 Å². The van der Waals surface area contributed by atoms with E-state index in [2.05, 4.69) is 27.1 Å². The standard InChI is InChI=1S/C39H35Cl2F4N7O2/c1-18-24-14-29(28-13-22(17-51(28)38(53)19-8-9-19)54-31-15-30(39(43,44)45)49-50(31)2)52(36-21-12-27(36)47-16-21)37(24)25-11-20(5-4-10-46)32(34(42)35(25)48-18)23-6-3-7-26(40)33(23)41/h3,6-7,11,14-15,19,21-22,27-28,36,47H,4-5,8-9,12-13,16-17H2,1-2H3/t21-,22+,27-,28-,36+/m1/s1. The number of hydrogen-bond donors (Lipinski definition) is 1. The zero-order chi connectivity index (χ0) is 37.8. The Morgan fingerprint density at radius 2 is 1.94 bits per heavy atom. The molecule has 3 aromatic heterocycles. The molecule has 15 heteroatoms. The average Bonchev–Trinajstić information content (AvgIpc) is 3.53. The van der Waals surface area contributed by atoms with Crippen molar-refractivity contribution in [3.8, 4) is 23.1 Å². The number of nitrogens with zero attached hydrogens (tertiary/aromatic N) is 6. The summed E-state index contributed by atoms with van der Waals surface area (Å²) in [5, 5.41) is 18.7. The van der Waals surface area contributed by atoms with Gasteiger partial charge in [-0.05, 0) is 62.3 Å². The van der Waals surface area contributed by atoms with Gasteiger partial charge in [0.05, 0.1) is 40.3 Å². The first-order chi connectivity index (χ1) is 25.8. The lowest BCUT2D eigenvalue weighted by molar-refractivity contribution is -0.141. The topological polar surface area (TPSA) is 101 Å². The van der Waals surface area contributed by atoms with Crippen LogP contribution in [0.25, 0.3) is 32.9 Å². The van der Waals surface area contributed by atoms with E-state index in [1.807, 2.05) is 17.9 Å². The molecule has 2 aliphatic carbocycles. The highest BCUT2D eigenvalue weighted by molar-refractivity contribution is 6.43. The molecule has 0 spiro atoms. The highest BCUT2D eigenvalue weighted by Crippen LogP contribution is 2.51. The Balaban J connectivity index is 1.23. The largest absolute Gasteiger partial charge is 0.473 e. The first-order valence-corrected chi connectivity index (χ1v) is 18.9. The third-order valence-electron chi connectivity index (χ3n) is 11.7. The van der Waals surface area contributed by atoms with Crippen LogP contribution in [0.15, 0.2) is 36.4 Å². The van der Waals surface area contributed by atoms with Crippen LogP contribution in [0, 0.1) is 35.9 Å². The molecule has 2 aromatic carbocycles. The second-order valence-electron chi connectivity index (χ2n) is 15.0. The summed E-state index contributed by atoms with van der Waals surface area (Å²) in [5.74, 6) is -0.414. The summed E-state index contributed by atoms with van der Waals surface area (Å²) >= 11 is 13.0. The molecule has 3 saturated heterocycles. The summed E-state index contributed by atoms with van der Waals surface area (Å²) in [5.41, 5.74) is 2.61. The molecule has 280 valence electrons.